The number of fused-ring (bicyclic) bond motifs is 1. The second-order valence-electron chi connectivity index (χ2n) is 8.26. The van der Waals surface area contributed by atoms with Crippen LogP contribution < -0.4 is 5.32 Å². The van der Waals surface area contributed by atoms with Crippen molar-refractivity contribution in [2.45, 2.75) is 51.7 Å². The number of carbonyl (C=O) groups is 3. The van der Waals surface area contributed by atoms with Crippen LogP contribution in [0.1, 0.15) is 55.1 Å². The zero-order valence-electron chi connectivity index (χ0n) is 17.9. The van der Waals surface area contributed by atoms with Gasteiger partial charge >= 0.3 is 0 Å². The molecule has 0 saturated carbocycles. The van der Waals surface area contributed by atoms with E-state index in [9.17, 15) is 14.4 Å². The maximum atomic E-state index is 12.9. The van der Waals surface area contributed by atoms with Crippen LogP contribution in [0.4, 0.5) is 0 Å². The lowest BCUT2D eigenvalue weighted by molar-refractivity contribution is -0.136. The van der Waals surface area contributed by atoms with Gasteiger partial charge in [0.05, 0.1) is 18.1 Å². The van der Waals surface area contributed by atoms with E-state index < -0.39 is 11.9 Å². The number of piperidine rings is 1. The molecule has 10 heteroatoms. The minimum absolute atomic E-state index is 0.196. The van der Waals surface area contributed by atoms with Crippen molar-refractivity contribution in [3.63, 3.8) is 0 Å². The largest absolute Gasteiger partial charge is 0.322 e. The molecule has 0 spiro atoms. The summed E-state index contributed by atoms with van der Waals surface area (Å²) < 4.78 is 3.58. The van der Waals surface area contributed by atoms with Crippen LogP contribution in [-0.4, -0.2) is 53.4 Å². The number of nitrogens with one attached hydrogen (secondary N) is 1. The van der Waals surface area contributed by atoms with Gasteiger partial charge in [-0.1, -0.05) is 12.1 Å². The molecule has 10 nitrogen and oxygen atoms in total. The molecule has 0 radical (unpaired) electrons. The third kappa shape index (κ3) is 3.37. The molecule has 2 aliphatic heterocycles. The van der Waals surface area contributed by atoms with Crippen molar-refractivity contribution in [1.82, 2.24) is 35.0 Å². The van der Waals surface area contributed by atoms with Gasteiger partial charge in [0.15, 0.2) is 0 Å². The quantitative estimate of drug-likeness (QED) is 0.614. The van der Waals surface area contributed by atoms with Gasteiger partial charge in [0, 0.05) is 36.3 Å². The number of nitrogens with zero attached hydrogens (tertiary/aromatic N) is 6. The fourth-order valence-electron chi connectivity index (χ4n) is 4.12. The van der Waals surface area contributed by atoms with Crippen LogP contribution in [0.25, 0.3) is 16.9 Å². The van der Waals surface area contributed by atoms with Gasteiger partial charge in [-0.25, -0.2) is 4.68 Å². The van der Waals surface area contributed by atoms with Crippen molar-refractivity contribution in [3.8, 4) is 16.9 Å². The smallest absolute Gasteiger partial charge is 0.255 e. The first kappa shape index (κ1) is 20.1. The summed E-state index contributed by atoms with van der Waals surface area (Å²) in [6, 6.07) is 5.13. The Morgan fingerprint density at radius 1 is 1.22 bits per heavy atom. The van der Waals surface area contributed by atoms with E-state index in [2.05, 4.69) is 34.6 Å². The van der Waals surface area contributed by atoms with Crippen LogP contribution in [0.15, 0.2) is 36.8 Å². The van der Waals surface area contributed by atoms with Gasteiger partial charge in [0.1, 0.15) is 11.7 Å². The summed E-state index contributed by atoms with van der Waals surface area (Å²) in [5, 5.41) is 15.2. The number of carbonyl (C=O) groups excluding carboxylic acids is 3. The van der Waals surface area contributed by atoms with Crippen LogP contribution in [0.2, 0.25) is 0 Å². The minimum Gasteiger partial charge on any atom is -0.322 e. The molecule has 4 heterocycles. The average molecular weight is 433 g/mol. The number of amides is 3. The SMILES string of the molecule is CCC(C)n1cc(-c2cn(-c3ccc4c(c3)CN(C3CCC(=O)NC3=O)C4=O)nn2)cn1. The molecule has 5 rings (SSSR count). The van der Waals surface area contributed by atoms with Crippen molar-refractivity contribution in [2.75, 3.05) is 0 Å². The predicted octanol–water partition coefficient (Wildman–Crippen LogP) is 1.86. The topological polar surface area (TPSA) is 115 Å². The summed E-state index contributed by atoms with van der Waals surface area (Å²) >= 11 is 0. The standard InChI is InChI=1S/C22H23N7O3/c1-3-13(2)28-11-15(9-23-28)18-12-29(26-25-18)16-4-5-17-14(8-16)10-27(22(17)32)19-6-7-20(30)24-21(19)31/h4-5,8-9,11-13,19H,3,6-7,10H2,1-2H3,(H,24,30,31). The summed E-state index contributed by atoms with van der Waals surface area (Å²) in [5.74, 6) is -0.909. The molecule has 1 fully saturated rings. The average Bonchev–Trinajstić information content (AvgIpc) is 3.52. The van der Waals surface area contributed by atoms with Crippen molar-refractivity contribution in [3.05, 3.63) is 47.9 Å². The molecule has 1 N–H and O–H groups in total. The van der Waals surface area contributed by atoms with E-state index in [0.29, 0.717) is 30.3 Å². The number of rotatable bonds is 5. The Bertz CT molecular complexity index is 1230. The number of hydrogen-bond donors (Lipinski definition) is 1. The Kier molecular flexibility index (Phi) is 4.84. The third-order valence-corrected chi connectivity index (χ3v) is 6.20. The van der Waals surface area contributed by atoms with Gasteiger partial charge in [0.25, 0.3) is 5.91 Å². The molecule has 1 saturated heterocycles. The van der Waals surface area contributed by atoms with Crippen LogP contribution in [-0.2, 0) is 16.1 Å². The molecule has 2 aliphatic rings. The van der Waals surface area contributed by atoms with Crippen molar-refractivity contribution in [1.29, 1.82) is 0 Å². The van der Waals surface area contributed by atoms with Crippen molar-refractivity contribution in [2.24, 2.45) is 0 Å². The zero-order chi connectivity index (χ0) is 22.4. The highest BCUT2D eigenvalue weighted by Gasteiger charge is 2.39. The number of hydrogen-bond acceptors (Lipinski definition) is 6. The van der Waals surface area contributed by atoms with E-state index in [-0.39, 0.29) is 18.2 Å². The normalized spacial score (nSPS) is 19.2. The van der Waals surface area contributed by atoms with Crippen LogP contribution >= 0.6 is 0 Å². The molecular weight excluding hydrogens is 410 g/mol. The monoisotopic (exact) mass is 433 g/mol. The van der Waals surface area contributed by atoms with E-state index in [1.165, 1.54) is 4.90 Å². The first-order chi connectivity index (χ1) is 15.4. The summed E-state index contributed by atoms with van der Waals surface area (Å²) in [5.41, 5.74) is 3.75. The molecule has 32 heavy (non-hydrogen) atoms. The molecule has 2 unspecified atom stereocenters. The number of imide groups is 1. The van der Waals surface area contributed by atoms with E-state index >= 15 is 0 Å². The second-order valence-corrected chi connectivity index (χ2v) is 8.26. The fraction of sp³-hybridized carbons (Fsp3) is 0.364. The van der Waals surface area contributed by atoms with Gasteiger partial charge in [0.2, 0.25) is 11.8 Å². The first-order valence-electron chi connectivity index (χ1n) is 10.7. The Balaban J connectivity index is 1.37. The molecule has 2 atom stereocenters. The highest BCUT2D eigenvalue weighted by molar-refractivity contribution is 6.05. The first-order valence-corrected chi connectivity index (χ1v) is 10.7. The molecule has 0 aliphatic carbocycles. The molecule has 0 bridgehead atoms. The van der Waals surface area contributed by atoms with Crippen molar-refractivity contribution >= 4 is 17.7 Å². The second kappa shape index (κ2) is 7.70. The highest BCUT2D eigenvalue weighted by Crippen LogP contribution is 2.29. The van der Waals surface area contributed by atoms with Crippen LogP contribution in [0.3, 0.4) is 0 Å². The third-order valence-electron chi connectivity index (χ3n) is 6.20. The van der Waals surface area contributed by atoms with Crippen molar-refractivity contribution < 1.29 is 14.4 Å². The summed E-state index contributed by atoms with van der Waals surface area (Å²) in [7, 11) is 0. The maximum absolute atomic E-state index is 12.9. The summed E-state index contributed by atoms with van der Waals surface area (Å²) in [4.78, 5) is 38.0. The molecule has 3 amide bonds. The molecular formula is C22H23N7O3. The van der Waals surface area contributed by atoms with E-state index in [1.54, 1.807) is 16.9 Å². The minimum atomic E-state index is -0.629. The van der Waals surface area contributed by atoms with Gasteiger partial charge in [-0.2, -0.15) is 5.10 Å². The van der Waals surface area contributed by atoms with Crippen LogP contribution in [0.5, 0.6) is 0 Å². The van der Waals surface area contributed by atoms with E-state index in [1.807, 2.05) is 29.2 Å². The predicted molar refractivity (Wildman–Crippen MR) is 114 cm³/mol. The Labute approximate surface area is 184 Å². The van der Waals surface area contributed by atoms with Gasteiger partial charge < -0.3 is 4.90 Å². The van der Waals surface area contributed by atoms with E-state index in [4.69, 9.17) is 0 Å². The van der Waals surface area contributed by atoms with Gasteiger partial charge in [-0.15, -0.1) is 5.10 Å². The Hall–Kier alpha value is -3.82. The lowest BCUT2D eigenvalue weighted by atomic mass is 10.0. The van der Waals surface area contributed by atoms with Crippen LogP contribution in [0, 0.1) is 0 Å². The molecule has 164 valence electrons. The number of aromatic nitrogens is 5. The molecule has 2 aromatic heterocycles. The highest BCUT2D eigenvalue weighted by atomic mass is 16.2. The maximum Gasteiger partial charge on any atom is 0.255 e. The summed E-state index contributed by atoms with van der Waals surface area (Å²) in [6.07, 6.45) is 7.12. The van der Waals surface area contributed by atoms with E-state index in [0.717, 1.165) is 23.2 Å². The summed E-state index contributed by atoms with van der Waals surface area (Å²) in [6.45, 7) is 4.54. The Morgan fingerprint density at radius 3 is 2.84 bits per heavy atom. The van der Waals surface area contributed by atoms with Gasteiger partial charge in [-0.05, 0) is 43.5 Å². The lowest BCUT2D eigenvalue weighted by Crippen LogP contribution is -2.52. The fourth-order valence-corrected chi connectivity index (χ4v) is 4.12. The Morgan fingerprint density at radius 2 is 2.06 bits per heavy atom. The molecule has 3 aromatic rings. The zero-order valence-corrected chi connectivity index (χ0v) is 17.9. The van der Waals surface area contributed by atoms with Gasteiger partial charge in [-0.3, -0.25) is 24.4 Å². The number of benzene rings is 1. The lowest BCUT2D eigenvalue weighted by Gasteiger charge is -2.29. The molecule has 1 aromatic carbocycles.